The molecule has 0 fully saturated rings. The number of methoxy groups -OCH3 is 1. The molecule has 2 heterocycles. The number of aromatic nitrogens is 3. The summed E-state index contributed by atoms with van der Waals surface area (Å²) in [5.41, 5.74) is 2.89. The van der Waals surface area contributed by atoms with Gasteiger partial charge in [0.15, 0.2) is 5.15 Å². The highest BCUT2D eigenvalue weighted by Gasteiger charge is 2.24. The summed E-state index contributed by atoms with van der Waals surface area (Å²) in [5.74, 6) is 0.00916. The van der Waals surface area contributed by atoms with Gasteiger partial charge in [-0.15, -0.1) is 10.2 Å². The van der Waals surface area contributed by atoms with Crippen LogP contribution in [0.25, 0.3) is 33.6 Å². The van der Waals surface area contributed by atoms with Crippen molar-refractivity contribution in [2.24, 2.45) is 0 Å². The number of pyridine rings is 1. The lowest BCUT2D eigenvalue weighted by Crippen LogP contribution is -2.01. The Balaban J connectivity index is 2.08. The molecule has 0 aliphatic rings. The Morgan fingerprint density at radius 1 is 0.968 bits per heavy atom. The molecule has 5 nitrogen and oxygen atoms in total. The number of ether oxygens (including phenoxy) is 1. The molecule has 31 heavy (non-hydrogen) atoms. The number of halogens is 3. The largest absolute Gasteiger partial charge is 0.495 e. The Hall–Kier alpha value is -3.53. The number of nitriles is 1. The third-order valence-corrected chi connectivity index (χ3v) is 5.20. The average molecular weight is 451 g/mol. The van der Waals surface area contributed by atoms with Crippen LogP contribution < -0.4 is 4.74 Å². The van der Waals surface area contributed by atoms with E-state index in [1.165, 1.54) is 19.4 Å². The first-order valence-corrected chi connectivity index (χ1v) is 9.80. The van der Waals surface area contributed by atoms with Gasteiger partial charge in [-0.25, -0.2) is 4.39 Å². The molecule has 4 aromatic rings. The van der Waals surface area contributed by atoms with E-state index in [0.29, 0.717) is 33.7 Å². The monoisotopic (exact) mass is 450 g/mol. The summed E-state index contributed by atoms with van der Waals surface area (Å²) in [4.78, 5) is 4.40. The molecule has 4 rings (SSSR count). The Morgan fingerprint density at radius 2 is 1.71 bits per heavy atom. The summed E-state index contributed by atoms with van der Waals surface area (Å²) >= 11 is 13.0. The lowest BCUT2D eigenvalue weighted by molar-refractivity contribution is 0.413. The Kier molecular flexibility index (Phi) is 5.81. The standard InChI is InChI=1S/C23H13Cl2FN4O/c1-31-15-10-17(24)22(28-12-15)20-19(14-8-6-13(11-27)7-9-14)21(29-30-23(20)25)16-4-2-3-5-18(16)26/h2-10,12H,1H3. The van der Waals surface area contributed by atoms with E-state index in [1.807, 2.05) is 0 Å². The summed E-state index contributed by atoms with van der Waals surface area (Å²) in [6.45, 7) is 0. The third kappa shape index (κ3) is 3.93. The third-order valence-electron chi connectivity index (χ3n) is 4.65. The molecule has 2 aromatic heterocycles. The molecular formula is C23H13Cl2FN4O. The van der Waals surface area contributed by atoms with E-state index in [0.717, 1.165) is 0 Å². The predicted octanol–water partition coefficient (Wildman–Crippen LogP) is 6.20. The van der Waals surface area contributed by atoms with Gasteiger partial charge in [-0.05, 0) is 29.8 Å². The van der Waals surface area contributed by atoms with E-state index in [2.05, 4.69) is 21.3 Å². The second kappa shape index (κ2) is 8.68. The fraction of sp³-hybridized carbons (Fsp3) is 0.0435. The van der Waals surface area contributed by atoms with Gasteiger partial charge < -0.3 is 4.74 Å². The van der Waals surface area contributed by atoms with Crippen molar-refractivity contribution >= 4 is 23.2 Å². The summed E-state index contributed by atoms with van der Waals surface area (Å²) in [5, 5.41) is 17.7. The molecule has 8 heteroatoms. The van der Waals surface area contributed by atoms with E-state index in [1.54, 1.807) is 48.5 Å². The summed E-state index contributed by atoms with van der Waals surface area (Å²) in [6, 6.07) is 16.7. The normalized spacial score (nSPS) is 10.5. The zero-order valence-corrected chi connectivity index (χ0v) is 17.6. The van der Waals surface area contributed by atoms with Gasteiger partial charge >= 0.3 is 0 Å². The van der Waals surface area contributed by atoms with E-state index < -0.39 is 5.82 Å². The van der Waals surface area contributed by atoms with Crippen molar-refractivity contribution in [1.82, 2.24) is 15.2 Å². The molecule has 0 amide bonds. The maximum atomic E-state index is 14.7. The lowest BCUT2D eigenvalue weighted by Gasteiger charge is -2.16. The van der Waals surface area contributed by atoms with Crippen LogP contribution >= 0.6 is 23.2 Å². The average Bonchev–Trinajstić information content (AvgIpc) is 2.80. The van der Waals surface area contributed by atoms with Gasteiger partial charge in [0.2, 0.25) is 0 Å². The molecule has 0 saturated heterocycles. The van der Waals surface area contributed by atoms with Crippen LogP contribution in [-0.2, 0) is 0 Å². The van der Waals surface area contributed by atoms with Crippen LogP contribution in [0.3, 0.4) is 0 Å². The highest BCUT2D eigenvalue weighted by molar-refractivity contribution is 6.36. The van der Waals surface area contributed by atoms with Crippen LogP contribution in [0.2, 0.25) is 10.2 Å². The summed E-state index contributed by atoms with van der Waals surface area (Å²) in [7, 11) is 1.51. The molecule has 0 N–H and O–H groups in total. The molecule has 152 valence electrons. The number of nitrogens with zero attached hydrogens (tertiary/aromatic N) is 4. The van der Waals surface area contributed by atoms with Crippen LogP contribution in [0.1, 0.15) is 5.56 Å². The SMILES string of the molecule is COc1cnc(-c2c(Cl)nnc(-c3ccccc3F)c2-c2ccc(C#N)cc2)c(Cl)c1. The fourth-order valence-corrected chi connectivity index (χ4v) is 3.65. The van der Waals surface area contributed by atoms with E-state index in [4.69, 9.17) is 33.2 Å². The molecular weight excluding hydrogens is 438 g/mol. The van der Waals surface area contributed by atoms with Crippen LogP contribution in [-0.4, -0.2) is 22.3 Å². The number of hydrogen-bond donors (Lipinski definition) is 0. The van der Waals surface area contributed by atoms with Crippen molar-refractivity contribution in [1.29, 1.82) is 5.26 Å². The molecule has 0 bridgehead atoms. The highest BCUT2D eigenvalue weighted by atomic mass is 35.5. The summed E-state index contributed by atoms with van der Waals surface area (Å²) in [6.07, 6.45) is 1.50. The molecule has 0 aliphatic heterocycles. The minimum absolute atomic E-state index is 0.0546. The van der Waals surface area contributed by atoms with Gasteiger partial charge in [-0.2, -0.15) is 5.26 Å². The zero-order valence-electron chi connectivity index (χ0n) is 16.1. The zero-order chi connectivity index (χ0) is 22.0. The van der Waals surface area contributed by atoms with Gasteiger partial charge in [0, 0.05) is 17.2 Å². The second-order valence-corrected chi connectivity index (χ2v) is 7.23. The van der Waals surface area contributed by atoms with Gasteiger partial charge in [0.1, 0.15) is 17.3 Å². The van der Waals surface area contributed by atoms with Crippen molar-refractivity contribution in [3.8, 4) is 45.5 Å². The number of rotatable bonds is 4. The molecule has 0 unspecified atom stereocenters. The van der Waals surface area contributed by atoms with Gasteiger partial charge in [-0.1, -0.05) is 47.5 Å². The maximum absolute atomic E-state index is 14.7. The molecule has 0 aliphatic carbocycles. The lowest BCUT2D eigenvalue weighted by atomic mass is 9.93. The van der Waals surface area contributed by atoms with Crippen LogP contribution in [0.5, 0.6) is 5.75 Å². The first kappa shape index (κ1) is 20.7. The van der Waals surface area contributed by atoms with Gasteiger partial charge in [-0.3, -0.25) is 4.98 Å². The molecule has 0 saturated carbocycles. The van der Waals surface area contributed by atoms with Crippen molar-refractivity contribution in [2.45, 2.75) is 0 Å². The first-order valence-electron chi connectivity index (χ1n) is 9.05. The molecule has 0 spiro atoms. The van der Waals surface area contributed by atoms with Crippen molar-refractivity contribution in [3.05, 3.63) is 82.4 Å². The van der Waals surface area contributed by atoms with E-state index >= 15 is 0 Å². The van der Waals surface area contributed by atoms with Gasteiger partial charge in [0.05, 0.1) is 41.2 Å². The molecule has 0 radical (unpaired) electrons. The smallest absolute Gasteiger partial charge is 0.161 e. The molecule has 2 aromatic carbocycles. The van der Waals surface area contributed by atoms with Crippen LogP contribution in [0.15, 0.2) is 60.8 Å². The second-order valence-electron chi connectivity index (χ2n) is 6.46. The topological polar surface area (TPSA) is 71.7 Å². The number of benzene rings is 2. The number of hydrogen-bond acceptors (Lipinski definition) is 5. The summed E-state index contributed by atoms with van der Waals surface area (Å²) < 4.78 is 19.9. The van der Waals surface area contributed by atoms with Crippen molar-refractivity contribution < 1.29 is 9.13 Å². The van der Waals surface area contributed by atoms with Crippen LogP contribution in [0, 0.1) is 17.1 Å². The Labute approximate surface area is 187 Å². The van der Waals surface area contributed by atoms with Crippen molar-refractivity contribution in [3.63, 3.8) is 0 Å². The Morgan fingerprint density at radius 3 is 2.35 bits per heavy atom. The van der Waals surface area contributed by atoms with Crippen LogP contribution in [0.4, 0.5) is 4.39 Å². The fourth-order valence-electron chi connectivity index (χ4n) is 3.18. The minimum Gasteiger partial charge on any atom is -0.495 e. The maximum Gasteiger partial charge on any atom is 0.161 e. The molecule has 0 atom stereocenters. The minimum atomic E-state index is -0.464. The predicted molar refractivity (Wildman–Crippen MR) is 117 cm³/mol. The van der Waals surface area contributed by atoms with Crippen molar-refractivity contribution in [2.75, 3.05) is 7.11 Å². The highest BCUT2D eigenvalue weighted by Crippen LogP contribution is 2.43. The van der Waals surface area contributed by atoms with E-state index in [-0.39, 0.29) is 21.4 Å². The van der Waals surface area contributed by atoms with E-state index in [9.17, 15) is 4.39 Å². The Bertz CT molecular complexity index is 1320. The quantitative estimate of drug-likeness (QED) is 0.370. The first-order chi connectivity index (χ1) is 15.0. The van der Waals surface area contributed by atoms with Gasteiger partial charge in [0.25, 0.3) is 0 Å².